The van der Waals surface area contributed by atoms with E-state index in [2.05, 4.69) is 26.9 Å². The van der Waals surface area contributed by atoms with Gasteiger partial charge in [-0.1, -0.05) is 40.0 Å². The summed E-state index contributed by atoms with van der Waals surface area (Å²) in [5, 5.41) is 9.91. The van der Waals surface area contributed by atoms with E-state index < -0.39 is 0 Å². The lowest BCUT2D eigenvalue weighted by Gasteiger charge is -2.37. The van der Waals surface area contributed by atoms with Crippen LogP contribution in [-0.2, 0) is 6.54 Å². The summed E-state index contributed by atoms with van der Waals surface area (Å²) in [5.41, 5.74) is 1.13. The maximum Gasteiger partial charge on any atom is 0.0558 e. The van der Waals surface area contributed by atoms with E-state index in [-0.39, 0.29) is 6.61 Å². The monoisotopic (exact) mass is 317 g/mol. The molecule has 1 aliphatic rings. The van der Waals surface area contributed by atoms with Crippen LogP contribution in [0.1, 0.15) is 24.8 Å². The zero-order valence-corrected chi connectivity index (χ0v) is 12.0. The molecule has 0 heterocycles. The number of benzene rings is 1. The predicted molar refractivity (Wildman–Crippen MR) is 74.3 cm³/mol. The average molecular weight is 319 g/mol. The largest absolute Gasteiger partial charge is 0.395 e. The first kappa shape index (κ1) is 13.3. The fourth-order valence-corrected chi connectivity index (χ4v) is 2.87. The molecule has 1 N–H and O–H groups in total. The van der Waals surface area contributed by atoms with Crippen molar-refractivity contribution in [3.8, 4) is 0 Å². The van der Waals surface area contributed by atoms with Gasteiger partial charge in [-0.05, 0) is 30.5 Å². The van der Waals surface area contributed by atoms with E-state index in [0.717, 1.165) is 28.1 Å². The zero-order chi connectivity index (χ0) is 12.3. The highest BCUT2D eigenvalue weighted by Crippen LogP contribution is 2.28. The van der Waals surface area contributed by atoms with Crippen LogP contribution in [0.5, 0.6) is 0 Å². The van der Waals surface area contributed by atoms with E-state index in [1.807, 2.05) is 12.1 Å². The lowest BCUT2D eigenvalue weighted by Crippen LogP contribution is -2.41. The van der Waals surface area contributed by atoms with Crippen LogP contribution in [0.25, 0.3) is 0 Å². The van der Waals surface area contributed by atoms with Crippen LogP contribution in [0.2, 0.25) is 5.02 Å². The third-order valence-corrected chi connectivity index (χ3v) is 4.21. The minimum Gasteiger partial charge on any atom is -0.395 e. The van der Waals surface area contributed by atoms with Gasteiger partial charge in [-0.2, -0.15) is 0 Å². The van der Waals surface area contributed by atoms with Crippen LogP contribution in [0.4, 0.5) is 0 Å². The van der Waals surface area contributed by atoms with Crippen molar-refractivity contribution in [2.24, 2.45) is 0 Å². The number of aliphatic hydroxyl groups is 1. The van der Waals surface area contributed by atoms with Gasteiger partial charge in [0.1, 0.15) is 0 Å². The molecule has 2 rings (SSSR count). The highest BCUT2D eigenvalue weighted by Gasteiger charge is 2.24. The molecule has 94 valence electrons. The first-order valence-electron chi connectivity index (χ1n) is 5.99. The number of hydrogen-bond acceptors (Lipinski definition) is 2. The molecule has 1 aliphatic carbocycles. The first-order chi connectivity index (χ1) is 8.20. The summed E-state index contributed by atoms with van der Waals surface area (Å²) in [7, 11) is 0. The van der Waals surface area contributed by atoms with Gasteiger partial charge in [0.25, 0.3) is 0 Å². The topological polar surface area (TPSA) is 23.5 Å². The fraction of sp³-hybridized carbons (Fsp3) is 0.538. The smallest absolute Gasteiger partial charge is 0.0558 e. The second-order valence-corrected chi connectivity index (χ2v) is 5.84. The Bertz CT molecular complexity index is 382. The molecular weight excluding hydrogens is 302 g/mol. The maximum absolute atomic E-state index is 9.11. The molecule has 1 fully saturated rings. The van der Waals surface area contributed by atoms with Gasteiger partial charge in [-0.25, -0.2) is 0 Å². The van der Waals surface area contributed by atoms with Gasteiger partial charge in [0.2, 0.25) is 0 Å². The van der Waals surface area contributed by atoms with Crippen molar-refractivity contribution < 1.29 is 5.11 Å². The Morgan fingerprint density at radius 2 is 2.18 bits per heavy atom. The standard InChI is InChI=1S/C13H17BrClNO/c14-11-5-4-10(13(15)8-11)9-16(6-7-17)12-2-1-3-12/h4-5,8,12,17H,1-3,6-7,9H2. The Morgan fingerprint density at radius 1 is 1.41 bits per heavy atom. The SMILES string of the molecule is OCCN(Cc1ccc(Br)cc1Cl)C1CCC1. The third-order valence-electron chi connectivity index (χ3n) is 3.37. The molecule has 1 saturated carbocycles. The van der Waals surface area contributed by atoms with Crippen LogP contribution in [0.3, 0.4) is 0 Å². The van der Waals surface area contributed by atoms with Crippen molar-refractivity contribution in [3.05, 3.63) is 33.3 Å². The van der Waals surface area contributed by atoms with Crippen LogP contribution in [0, 0.1) is 0 Å². The van der Waals surface area contributed by atoms with Gasteiger partial charge in [0.05, 0.1) is 6.61 Å². The van der Waals surface area contributed by atoms with Crippen molar-refractivity contribution in [2.45, 2.75) is 31.8 Å². The minimum atomic E-state index is 0.213. The molecular formula is C13H17BrClNO. The number of halogens is 2. The Morgan fingerprint density at radius 3 is 2.71 bits per heavy atom. The fourth-order valence-electron chi connectivity index (χ4n) is 2.14. The second kappa shape index (κ2) is 6.19. The lowest BCUT2D eigenvalue weighted by atomic mass is 9.91. The zero-order valence-electron chi connectivity index (χ0n) is 9.70. The van der Waals surface area contributed by atoms with Crippen LogP contribution in [0.15, 0.2) is 22.7 Å². The predicted octanol–water partition coefficient (Wildman–Crippen LogP) is 3.45. The first-order valence-corrected chi connectivity index (χ1v) is 7.16. The number of aliphatic hydroxyl groups excluding tert-OH is 1. The number of hydrogen-bond donors (Lipinski definition) is 1. The Labute approximate surface area is 116 Å². The Balaban J connectivity index is 2.05. The van der Waals surface area contributed by atoms with E-state index in [1.165, 1.54) is 19.3 Å². The molecule has 0 spiro atoms. The highest BCUT2D eigenvalue weighted by molar-refractivity contribution is 9.10. The van der Waals surface area contributed by atoms with Crippen molar-refractivity contribution in [1.82, 2.24) is 4.90 Å². The van der Waals surface area contributed by atoms with Crippen molar-refractivity contribution in [3.63, 3.8) is 0 Å². The highest BCUT2D eigenvalue weighted by atomic mass is 79.9. The maximum atomic E-state index is 9.11. The van der Waals surface area contributed by atoms with Crippen molar-refractivity contribution in [1.29, 1.82) is 0 Å². The molecule has 0 radical (unpaired) electrons. The molecule has 1 aromatic carbocycles. The number of nitrogens with zero attached hydrogens (tertiary/aromatic N) is 1. The molecule has 0 bridgehead atoms. The molecule has 17 heavy (non-hydrogen) atoms. The van der Waals surface area contributed by atoms with Crippen LogP contribution in [-0.4, -0.2) is 29.2 Å². The molecule has 4 heteroatoms. The van der Waals surface area contributed by atoms with Gasteiger partial charge >= 0.3 is 0 Å². The van der Waals surface area contributed by atoms with E-state index in [9.17, 15) is 0 Å². The number of rotatable bonds is 5. The minimum absolute atomic E-state index is 0.213. The quantitative estimate of drug-likeness (QED) is 0.899. The van der Waals surface area contributed by atoms with E-state index in [0.29, 0.717) is 6.04 Å². The summed E-state index contributed by atoms with van der Waals surface area (Å²) in [5.74, 6) is 0. The lowest BCUT2D eigenvalue weighted by molar-refractivity contribution is 0.0946. The molecule has 0 amide bonds. The molecule has 0 aromatic heterocycles. The summed E-state index contributed by atoms with van der Waals surface area (Å²) < 4.78 is 1.00. The molecule has 0 saturated heterocycles. The molecule has 0 atom stereocenters. The second-order valence-electron chi connectivity index (χ2n) is 4.51. The summed E-state index contributed by atoms with van der Waals surface area (Å²) in [6, 6.07) is 6.62. The average Bonchev–Trinajstić information content (AvgIpc) is 2.20. The third kappa shape index (κ3) is 3.44. The van der Waals surface area contributed by atoms with E-state index >= 15 is 0 Å². The molecule has 0 unspecified atom stereocenters. The summed E-state index contributed by atoms with van der Waals surface area (Å²) in [6.07, 6.45) is 3.79. The molecule has 2 nitrogen and oxygen atoms in total. The van der Waals surface area contributed by atoms with Crippen molar-refractivity contribution >= 4 is 27.5 Å². The van der Waals surface area contributed by atoms with Gasteiger partial charge in [0.15, 0.2) is 0 Å². The van der Waals surface area contributed by atoms with Crippen LogP contribution < -0.4 is 0 Å². The van der Waals surface area contributed by atoms with Crippen molar-refractivity contribution in [2.75, 3.05) is 13.2 Å². The Hall–Kier alpha value is -0.0900. The van der Waals surface area contributed by atoms with Gasteiger partial charge in [0, 0.05) is 28.6 Å². The summed E-state index contributed by atoms with van der Waals surface area (Å²) in [4.78, 5) is 2.33. The molecule has 1 aromatic rings. The normalized spacial score (nSPS) is 16.2. The summed E-state index contributed by atoms with van der Waals surface area (Å²) >= 11 is 9.63. The van der Waals surface area contributed by atoms with Gasteiger partial charge in [-0.15, -0.1) is 0 Å². The van der Waals surface area contributed by atoms with Gasteiger partial charge < -0.3 is 5.11 Å². The molecule has 0 aliphatic heterocycles. The van der Waals surface area contributed by atoms with Crippen LogP contribution >= 0.6 is 27.5 Å². The Kier molecular flexibility index (Phi) is 4.86. The summed E-state index contributed by atoms with van der Waals surface area (Å²) in [6.45, 7) is 1.78. The van der Waals surface area contributed by atoms with E-state index in [4.69, 9.17) is 16.7 Å². The van der Waals surface area contributed by atoms with E-state index in [1.54, 1.807) is 0 Å². The van der Waals surface area contributed by atoms with Gasteiger partial charge in [-0.3, -0.25) is 4.90 Å².